The number of benzene rings is 1. The number of hydrogen-bond donors (Lipinski definition) is 2. The number of hydrogen-bond acceptors (Lipinski definition) is 4. The normalized spacial score (nSPS) is 11.3. The Bertz CT molecular complexity index is 625. The van der Waals surface area contributed by atoms with E-state index in [1.165, 1.54) is 12.1 Å². The van der Waals surface area contributed by atoms with Crippen LogP contribution in [0.1, 0.15) is 21.7 Å². The quantitative estimate of drug-likeness (QED) is 0.899. The van der Waals surface area contributed by atoms with Crippen LogP contribution in [-0.2, 0) is 12.8 Å². The SMILES string of the molecule is O=C(O)c1n[nH]nc1COc1cccc(C(F)(F)F)c1. The van der Waals surface area contributed by atoms with Crippen molar-refractivity contribution in [1.29, 1.82) is 0 Å². The van der Waals surface area contributed by atoms with Gasteiger partial charge < -0.3 is 9.84 Å². The largest absolute Gasteiger partial charge is 0.487 e. The van der Waals surface area contributed by atoms with Crippen molar-refractivity contribution in [1.82, 2.24) is 15.4 Å². The number of aromatic amines is 1. The van der Waals surface area contributed by atoms with Crippen LogP contribution < -0.4 is 4.74 Å². The lowest BCUT2D eigenvalue weighted by atomic mass is 10.2. The summed E-state index contributed by atoms with van der Waals surface area (Å²) in [4.78, 5) is 10.8. The summed E-state index contributed by atoms with van der Waals surface area (Å²) in [6.07, 6.45) is -4.47. The van der Waals surface area contributed by atoms with Crippen LogP contribution in [0.4, 0.5) is 13.2 Å². The number of nitrogens with one attached hydrogen (secondary N) is 1. The zero-order valence-corrected chi connectivity index (χ0v) is 9.81. The van der Waals surface area contributed by atoms with Crippen LogP contribution in [0.3, 0.4) is 0 Å². The van der Waals surface area contributed by atoms with Gasteiger partial charge >= 0.3 is 12.1 Å². The highest BCUT2D eigenvalue weighted by Gasteiger charge is 2.30. The number of ether oxygens (including phenoxy) is 1. The van der Waals surface area contributed by atoms with E-state index in [-0.39, 0.29) is 23.7 Å². The van der Waals surface area contributed by atoms with Gasteiger partial charge in [0.05, 0.1) is 5.56 Å². The Balaban J connectivity index is 2.11. The van der Waals surface area contributed by atoms with E-state index in [4.69, 9.17) is 9.84 Å². The minimum atomic E-state index is -4.47. The van der Waals surface area contributed by atoms with Gasteiger partial charge in [-0.25, -0.2) is 4.79 Å². The molecule has 0 aliphatic heterocycles. The van der Waals surface area contributed by atoms with Crippen molar-refractivity contribution in [3.05, 3.63) is 41.2 Å². The molecule has 0 aliphatic rings. The van der Waals surface area contributed by atoms with Crippen molar-refractivity contribution in [2.75, 3.05) is 0 Å². The molecule has 1 heterocycles. The van der Waals surface area contributed by atoms with Gasteiger partial charge in [-0.1, -0.05) is 6.07 Å². The monoisotopic (exact) mass is 287 g/mol. The number of aromatic carboxylic acids is 1. The molecule has 0 aliphatic carbocycles. The Kier molecular flexibility index (Phi) is 3.59. The molecule has 0 bridgehead atoms. The van der Waals surface area contributed by atoms with Crippen molar-refractivity contribution < 1.29 is 27.8 Å². The summed E-state index contributed by atoms with van der Waals surface area (Å²) in [5, 5.41) is 17.8. The number of carboxylic acid groups (broad SMARTS) is 1. The molecular formula is C11H8F3N3O3. The molecule has 106 valence electrons. The Morgan fingerprint density at radius 2 is 2.10 bits per heavy atom. The van der Waals surface area contributed by atoms with E-state index in [0.717, 1.165) is 12.1 Å². The number of halogens is 3. The van der Waals surface area contributed by atoms with Crippen molar-refractivity contribution >= 4 is 5.97 Å². The molecule has 2 aromatic rings. The smallest absolute Gasteiger partial charge is 0.416 e. The number of nitrogens with zero attached hydrogens (tertiary/aromatic N) is 2. The van der Waals surface area contributed by atoms with Crippen molar-refractivity contribution in [3.8, 4) is 5.75 Å². The van der Waals surface area contributed by atoms with Gasteiger partial charge in [-0.05, 0) is 18.2 Å². The first kappa shape index (κ1) is 13.8. The van der Waals surface area contributed by atoms with E-state index in [9.17, 15) is 18.0 Å². The van der Waals surface area contributed by atoms with Gasteiger partial charge in [-0.2, -0.15) is 23.5 Å². The van der Waals surface area contributed by atoms with Crippen LogP contribution in [0.25, 0.3) is 0 Å². The molecule has 2 rings (SSSR count). The standard InChI is InChI=1S/C11H8F3N3O3/c12-11(13,14)6-2-1-3-7(4-6)20-5-8-9(10(18)19)16-17-15-8/h1-4H,5H2,(H,18,19)(H,15,16,17). The third-order valence-electron chi connectivity index (χ3n) is 2.36. The first-order chi connectivity index (χ1) is 9.38. The lowest BCUT2D eigenvalue weighted by Gasteiger charge is -2.09. The summed E-state index contributed by atoms with van der Waals surface area (Å²) < 4.78 is 42.6. The zero-order chi connectivity index (χ0) is 14.8. The molecule has 1 aromatic heterocycles. The first-order valence-corrected chi connectivity index (χ1v) is 5.31. The molecule has 0 amide bonds. The number of carbonyl (C=O) groups is 1. The molecule has 0 radical (unpaired) electrons. The van der Waals surface area contributed by atoms with Crippen LogP contribution in [-0.4, -0.2) is 26.5 Å². The van der Waals surface area contributed by atoms with E-state index >= 15 is 0 Å². The fraction of sp³-hybridized carbons (Fsp3) is 0.182. The Labute approximate surface area is 110 Å². The van der Waals surface area contributed by atoms with E-state index in [2.05, 4.69) is 15.4 Å². The van der Waals surface area contributed by atoms with E-state index in [1.807, 2.05) is 0 Å². The minimum absolute atomic E-state index is 0.00471. The summed E-state index contributed by atoms with van der Waals surface area (Å²) in [6, 6.07) is 4.25. The summed E-state index contributed by atoms with van der Waals surface area (Å²) in [7, 11) is 0. The first-order valence-electron chi connectivity index (χ1n) is 5.31. The second-order valence-electron chi connectivity index (χ2n) is 3.74. The van der Waals surface area contributed by atoms with E-state index < -0.39 is 17.7 Å². The van der Waals surface area contributed by atoms with E-state index in [0.29, 0.717) is 0 Å². The molecule has 0 spiro atoms. The fourth-order valence-corrected chi connectivity index (χ4v) is 1.44. The van der Waals surface area contributed by atoms with Crippen LogP contribution in [0, 0.1) is 0 Å². The summed E-state index contributed by atoms with van der Waals surface area (Å²) in [6.45, 7) is -0.306. The highest BCUT2D eigenvalue weighted by atomic mass is 19.4. The number of alkyl halides is 3. The summed E-state index contributed by atoms with van der Waals surface area (Å²) >= 11 is 0. The maximum atomic E-state index is 12.5. The third-order valence-corrected chi connectivity index (χ3v) is 2.36. The maximum Gasteiger partial charge on any atom is 0.416 e. The van der Waals surface area contributed by atoms with Crippen LogP contribution in [0.15, 0.2) is 24.3 Å². The molecule has 0 saturated heterocycles. The molecule has 0 fully saturated rings. The third kappa shape index (κ3) is 3.05. The number of aromatic nitrogens is 3. The number of rotatable bonds is 4. The predicted octanol–water partition coefficient (Wildman–Crippen LogP) is 2.10. The molecule has 20 heavy (non-hydrogen) atoms. The van der Waals surface area contributed by atoms with Crippen molar-refractivity contribution in [2.24, 2.45) is 0 Å². The molecule has 1 aromatic carbocycles. The van der Waals surface area contributed by atoms with Crippen LogP contribution in [0.5, 0.6) is 5.75 Å². The second kappa shape index (κ2) is 5.19. The summed E-state index contributed by atoms with van der Waals surface area (Å²) in [5.74, 6) is -1.35. The van der Waals surface area contributed by atoms with Crippen LogP contribution >= 0.6 is 0 Å². The lowest BCUT2D eigenvalue weighted by Crippen LogP contribution is -2.07. The molecule has 9 heteroatoms. The Hall–Kier alpha value is -2.58. The highest BCUT2D eigenvalue weighted by molar-refractivity contribution is 5.86. The lowest BCUT2D eigenvalue weighted by molar-refractivity contribution is -0.137. The molecule has 2 N–H and O–H groups in total. The van der Waals surface area contributed by atoms with Gasteiger partial charge in [0.1, 0.15) is 18.1 Å². The molecule has 0 saturated carbocycles. The van der Waals surface area contributed by atoms with Gasteiger partial charge in [0, 0.05) is 0 Å². The van der Waals surface area contributed by atoms with Gasteiger partial charge in [-0.3, -0.25) is 0 Å². The molecule has 0 unspecified atom stereocenters. The number of H-pyrrole nitrogens is 1. The van der Waals surface area contributed by atoms with Crippen molar-refractivity contribution in [3.63, 3.8) is 0 Å². The predicted molar refractivity (Wildman–Crippen MR) is 59.1 cm³/mol. The topological polar surface area (TPSA) is 88.1 Å². The molecule has 0 atom stereocenters. The van der Waals surface area contributed by atoms with Gasteiger partial charge in [0.15, 0.2) is 5.69 Å². The Morgan fingerprint density at radius 3 is 2.75 bits per heavy atom. The van der Waals surface area contributed by atoms with Gasteiger partial charge in [0.2, 0.25) is 0 Å². The molecule has 6 nitrogen and oxygen atoms in total. The average Bonchev–Trinajstić information content (AvgIpc) is 2.84. The maximum absolute atomic E-state index is 12.5. The van der Waals surface area contributed by atoms with Crippen molar-refractivity contribution in [2.45, 2.75) is 12.8 Å². The molecular weight excluding hydrogens is 279 g/mol. The minimum Gasteiger partial charge on any atom is -0.487 e. The second-order valence-corrected chi connectivity index (χ2v) is 3.74. The van der Waals surface area contributed by atoms with Gasteiger partial charge in [0.25, 0.3) is 0 Å². The average molecular weight is 287 g/mol. The fourth-order valence-electron chi connectivity index (χ4n) is 1.44. The summed E-state index contributed by atoms with van der Waals surface area (Å²) in [5.41, 5.74) is -1.19. The number of carboxylic acids is 1. The van der Waals surface area contributed by atoms with E-state index in [1.54, 1.807) is 0 Å². The van der Waals surface area contributed by atoms with Gasteiger partial charge in [-0.15, -0.1) is 5.10 Å². The Morgan fingerprint density at radius 1 is 1.35 bits per heavy atom. The highest BCUT2D eigenvalue weighted by Crippen LogP contribution is 2.31. The zero-order valence-electron chi connectivity index (χ0n) is 9.81. The van der Waals surface area contributed by atoms with Crippen LogP contribution in [0.2, 0.25) is 0 Å².